The number of benzene rings is 3. The average molecular weight is 464 g/mol. The van der Waals surface area contributed by atoms with Crippen LogP contribution in [0.1, 0.15) is 49.3 Å². The molecule has 1 unspecified atom stereocenters. The van der Waals surface area contributed by atoms with Crippen LogP contribution in [0, 0.1) is 6.92 Å². The van der Waals surface area contributed by atoms with Gasteiger partial charge in [-0.05, 0) is 86.1 Å². The summed E-state index contributed by atoms with van der Waals surface area (Å²) in [6.45, 7) is 4.52. The standard InChI is InChI=1S/C32H33NS/c1-24-16-20-29(21-17-24)33(30-22-18-27(19-23-30)26-11-6-4-7-12-26)31-15-9-14-28-13-8-3-5-10-25(2)34-32(28)31/h3-4,6,8-9,11,14-23,25H,5,7,10,12-13H2,1-2H3/b8-3-. The first-order valence-corrected chi connectivity index (χ1v) is 13.3. The number of aryl methyl sites for hydroxylation is 1. The summed E-state index contributed by atoms with van der Waals surface area (Å²) in [6, 6.07) is 24.9. The summed E-state index contributed by atoms with van der Waals surface area (Å²) in [5.41, 5.74) is 9.13. The van der Waals surface area contributed by atoms with E-state index in [1.807, 2.05) is 11.8 Å². The summed E-state index contributed by atoms with van der Waals surface area (Å²) in [5.74, 6) is 0. The molecule has 1 heterocycles. The normalized spacial score (nSPS) is 18.8. The Morgan fingerprint density at radius 3 is 2.32 bits per heavy atom. The average Bonchev–Trinajstić information content (AvgIpc) is 2.96. The van der Waals surface area contributed by atoms with Gasteiger partial charge in [-0.3, -0.25) is 0 Å². The second-order valence-electron chi connectivity index (χ2n) is 9.32. The largest absolute Gasteiger partial charge is 0.309 e. The van der Waals surface area contributed by atoms with Gasteiger partial charge < -0.3 is 4.90 Å². The van der Waals surface area contributed by atoms with Crippen molar-refractivity contribution in [2.24, 2.45) is 0 Å². The number of thioether (sulfide) groups is 1. The molecule has 1 aliphatic heterocycles. The van der Waals surface area contributed by atoms with Crippen LogP contribution in [0.3, 0.4) is 0 Å². The summed E-state index contributed by atoms with van der Waals surface area (Å²) in [5, 5.41) is 0.580. The molecule has 0 spiro atoms. The van der Waals surface area contributed by atoms with Crippen LogP contribution in [-0.4, -0.2) is 5.25 Å². The van der Waals surface area contributed by atoms with Crippen LogP contribution in [0.4, 0.5) is 17.1 Å². The molecule has 3 aromatic carbocycles. The first kappa shape index (κ1) is 22.8. The lowest BCUT2D eigenvalue weighted by molar-refractivity contribution is 0.832. The molecule has 0 saturated heterocycles. The van der Waals surface area contributed by atoms with E-state index in [1.54, 1.807) is 0 Å². The van der Waals surface area contributed by atoms with Gasteiger partial charge in [-0.1, -0.05) is 79.3 Å². The van der Waals surface area contributed by atoms with Gasteiger partial charge in [0, 0.05) is 21.5 Å². The lowest BCUT2D eigenvalue weighted by Crippen LogP contribution is -2.12. The van der Waals surface area contributed by atoms with Crippen molar-refractivity contribution in [3.05, 3.63) is 114 Å². The highest BCUT2D eigenvalue weighted by molar-refractivity contribution is 8.00. The van der Waals surface area contributed by atoms with Gasteiger partial charge in [-0.15, -0.1) is 11.8 Å². The molecule has 0 saturated carbocycles. The third-order valence-electron chi connectivity index (χ3n) is 6.68. The number of rotatable bonds is 4. The van der Waals surface area contributed by atoms with Crippen LogP contribution < -0.4 is 4.90 Å². The van der Waals surface area contributed by atoms with Crippen molar-refractivity contribution in [2.45, 2.75) is 56.1 Å². The quantitative estimate of drug-likeness (QED) is 0.354. The molecule has 34 heavy (non-hydrogen) atoms. The van der Waals surface area contributed by atoms with Gasteiger partial charge in [-0.2, -0.15) is 0 Å². The van der Waals surface area contributed by atoms with E-state index in [0.717, 1.165) is 25.7 Å². The highest BCUT2D eigenvalue weighted by Gasteiger charge is 2.21. The Kier molecular flexibility index (Phi) is 7.06. The third kappa shape index (κ3) is 5.08. The maximum atomic E-state index is 2.44. The van der Waals surface area contributed by atoms with Crippen molar-refractivity contribution >= 4 is 34.4 Å². The van der Waals surface area contributed by atoms with Crippen molar-refractivity contribution in [2.75, 3.05) is 4.90 Å². The van der Waals surface area contributed by atoms with E-state index < -0.39 is 0 Å². The van der Waals surface area contributed by atoms with Gasteiger partial charge in [0.05, 0.1) is 5.69 Å². The molecule has 2 aliphatic rings. The van der Waals surface area contributed by atoms with E-state index in [0.29, 0.717) is 5.25 Å². The van der Waals surface area contributed by atoms with Gasteiger partial charge in [0.2, 0.25) is 0 Å². The van der Waals surface area contributed by atoms with E-state index in [4.69, 9.17) is 0 Å². The second kappa shape index (κ2) is 10.5. The molecule has 0 bridgehead atoms. The fourth-order valence-electron chi connectivity index (χ4n) is 4.75. The number of nitrogens with zero attached hydrogens (tertiary/aromatic N) is 1. The fraction of sp³-hybridized carbons (Fsp3) is 0.250. The first-order chi connectivity index (χ1) is 16.7. The zero-order valence-electron chi connectivity index (χ0n) is 20.2. The summed E-state index contributed by atoms with van der Waals surface area (Å²) in [4.78, 5) is 3.85. The summed E-state index contributed by atoms with van der Waals surface area (Å²) < 4.78 is 0. The number of fused-ring (bicyclic) bond motifs is 1. The van der Waals surface area contributed by atoms with Gasteiger partial charge in [0.1, 0.15) is 0 Å². The van der Waals surface area contributed by atoms with Crippen molar-refractivity contribution < 1.29 is 0 Å². The fourth-order valence-corrected chi connectivity index (χ4v) is 5.99. The van der Waals surface area contributed by atoms with Crippen LogP contribution in [0.25, 0.3) is 5.57 Å². The molecular formula is C32H33NS. The van der Waals surface area contributed by atoms with Crippen LogP contribution in [0.15, 0.2) is 102 Å². The van der Waals surface area contributed by atoms with E-state index in [1.165, 1.54) is 50.6 Å². The van der Waals surface area contributed by atoms with Gasteiger partial charge in [0.25, 0.3) is 0 Å². The van der Waals surface area contributed by atoms with Gasteiger partial charge >= 0.3 is 0 Å². The molecule has 0 N–H and O–H groups in total. The molecule has 3 aromatic rings. The molecule has 0 aromatic heterocycles. The van der Waals surface area contributed by atoms with Crippen LogP contribution >= 0.6 is 11.8 Å². The third-order valence-corrected chi connectivity index (χ3v) is 8.03. The Hall–Kier alpha value is -2.97. The molecule has 1 aliphatic carbocycles. The number of anilines is 3. The van der Waals surface area contributed by atoms with Crippen molar-refractivity contribution in [3.63, 3.8) is 0 Å². The highest BCUT2D eigenvalue weighted by atomic mass is 32.2. The Labute approximate surface area is 208 Å². The summed E-state index contributed by atoms with van der Waals surface area (Å²) in [6.07, 6.45) is 17.0. The molecule has 2 heteroatoms. The monoisotopic (exact) mass is 463 g/mol. The van der Waals surface area contributed by atoms with Gasteiger partial charge in [0.15, 0.2) is 0 Å². The topological polar surface area (TPSA) is 3.24 Å². The lowest BCUT2D eigenvalue weighted by atomic mass is 9.97. The van der Waals surface area contributed by atoms with E-state index in [9.17, 15) is 0 Å². The van der Waals surface area contributed by atoms with Crippen LogP contribution in [-0.2, 0) is 6.42 Å². The number of hydrogen-bond acceptors (Lipinski definition) is 2. The zero-order valence-corrected chi connectivity index (χ0v) is 21.0. The molecule has 0 amide bonds. The van der Waals surface area contributed by atoms with Crippen molar-refractivity contribution in [1.29, 1.82) is 0 Å². The smallest absolute Gasteiger partial charge is 0.0600 e. The maximum absolute atomic E-state index is 2.44. The van der Waals surface area contributed by atoms with E-state index in [2.05, 4.69) is 116 Å². The molecule has 1 atom stereocenters. The van der Waals surface area contributed by atoms with E-state index in [-0.39, 0.29) is 0 Å². The Balaban J connectivity index is 1.61. The lowest BCUT2D eigenvalue weighted by Gasteiger charge is -2.29. The summed E-state index contributed by atoms with van der Waals surface area (Å²) in [7, 11) is 0. The van der Waals surface area contributed by atoms with Crippen LogP contribution in [0.2, 0.25) is 0 Å². The predicted octanol–water partition coefficient (Wildman–Crippen LogP) is 9.57. The SMILES string of the molecule is Cc1ccc(N(c2ccc(C3=CC=CCC3)cc2)c2cccc3c2SC(C)CC/C=C\C3)cc1. The minimum absolute atomic E-state index is 0.580. The van der Waals surface area contributed by atoms with Gasteiger partial charge in [-0.25, -0.2) is 0 Å². The van der Waals surface area contributed by atoms with E-state index >= 15 is 0 Å². The molecule has 0 fully saturated rings. The minimum Gasteiger partial charge on any atom is -0.309 e. The Morgan fingerprint density at radius 1 is 0.824 bits per heavy atom. The molecule has 5 rings (SSSR count). The second-order valence-corrected chi connectivity index (χ2v) is 10.8. The van der Waals surface area contributed by atoms with Crippen LogP contribution in [0.5, 0.6) is 0 Å². The highest BCUT2D eigenvalue weighted by Crippen LogP contribution is 2.44. The first-order valence-electron chi connectivity index (χ1n) is 12.5. The van der Waals surface area contributed by atoms with Crippen molar-refractivity contribution in [3.8, 4) is 0 Å². The number of hydrogen-bond donors (Lipinski definition) is 0. The zero-order chi connectivity index (χ0) is 23.3. The minimum atomic E-state index is 0.580. The Morgan fingerprint density at radius 2 is 1.59 bits per heavy atom. The molecule has 172 valence electrons. The molecule has 0 radical (unpaired) electrons. The summed E-state index contributed by atoms with van der Waals surface area (Å²) >= 11 is 2.03. The van der Waals surface area contributed by atoms with Crippen molar-refractivity contribution in [1.82, 2.24) is 0 Å². The predicted molar refractivity (Wildman–Crippen MR) is 150 cm³/mol. The number of allylic oxidation sites excluding steroid dienone is 6. The molecular weight excluding hydrogens is 430 g/mol. The maximum Gasteiger partial charge on any atom is 0.0600 e. The Bertz CT molecular complexity index is 1210. The molecule has 1 nitrogen and oxygen atoms in total.